The number of piperidine rings is 1. The largest absolute Gasteiger partial charge is 0.418 e. The van der Waals surface area contributed by atoms with E-state index in [-0.39, 0.29) is 5.69 Å². The smallest absolute Gasteiger partial charge is 0.398 e. The Morgan fingerprint density at radius 3 is 2.60 bits per heavy atom. The molecule has 1 aromatic carbocycles. The maximum atomic E-state index is 13.0. The number of halogens is 3. The van der Waals surface area contributed by atoms with Gasteiger partial charge in [0.2, 0.25) is 0 Å². The fourth-order valence-electron chi connectivity index (χ4n) is 3.74. The van der Waals surface area contributed by atoms with Crippen LogP contribution in [0.1, 0.15) is 37.7 Å². The fourth-order valence-corrected chi connectivity index (χ4v) is 3.74. The molecule has 1 aliphatic heterocycles. The first kappa shape index (κ1) is 13.6. The Kier molecular flexibility index (Phi) is 3.30. The second kappa shape index (κ2) is 4.86. The lowest BCUT2D eigenvalue weighted by atomic mass is 9.91. The van der Waals surface area contributed by atoms with E-state index in [0.29, 0.717) is 17.6 Å². The number of hydrogen-bond acceptors (Lipinski definition) is 2. The summed E-state index contributed by atoms with van der Waals surface area (Å²) in [5.74, 6) is 0.649. The summed E-state index contributed by atoms with van der Waals surface area (Å²) in [7, 11) is 0. The Balaban J connectivity index is 1.94. The van der Waals surface area contributed by atoms with Gasteiger partial charge in [0.15, 0.2) is 0 Å². The van der Waals surface area contributed by atoms with Crippen LogP contribution in [0, 0.1) is 5.92 Å². The number of anilines is 2. The van der Waals surface area contributed by atoms with E-state index < -0.39 is 11.7 Å². The zero-order chi connectivity index (χ0) is 14.3. The highest BCUT2D eigenvalue weighted by atomic mass is 19.4. The summed E-state index contributed by atoms with van der Waals surface area (Å²) < 4.78 is 38.9. The summed E-state index contributed by atoms with van der Waals surface area (Å²) in [6.07, 6.45) is 1.38. The van der Waals surface area contributed by atoms with Gasteiger partial charge in [0.25, 0.3) is 0 Å². The van der Waals surface area contributed by atoms with Crippen LogP contribution in [0.3, 0.4) is 0 Å². The Bertz CT molecular complexity index is 498. The predicted molar refractivity (Wildman–Crippen MR) is 73.6 cm³/mol. The number of nitrogen functional groups attached to an aromatic ring is 1. The minimum Gasteiger partial charge on any atom is -0.398 e. The molecule has 2 atom stereocenters. The maximum Gasteiger partial charge on any atom is 0.418 e. The zero-order valence-corrected chi connectivity index (χ0v) is 11.3. The van der Waals surface area contributed by atoms with Crippen molar-refractivity contribution >= 4 is 11.4 Å². The number of nitrogens with zero attached hydrogens (tertiary/aromatic N) is 1. The third-order valence-electron chi connectivity index (χ3n) is 4.67. The van der Waals surface area contributed by atoms with E-state index in [1.807, 2.05) is 0 Å². The van der Waals surface area contributed by atoms with Crippen molar-refractivity contribution in [1.29, 1.82) is 0 Å². The molecule has 0 aromatic heterocycles. The van der Waals surface area contributed by atoms with Gasteiger partial charge in [-0.05, 0) is 49.8 Å². The standard InChI is InChI=1S/C15H19F3N2/c16-15(17,18)12-9-11(6-7-13(12)19)20-8-2-4-10-3-1-5-14(10)20/h6-7,9-10,14H,1-5,8,19H2. The third-order valence-corrected chi connectivity index (χ3v) is 4.67. The summed E-state index contributed by atoms with van der Waals surface area (Å²) in [5, 5.41) is 0. The summed E-state index contributed by atoms with van der Waals surface area (Å²) in [6, 6.07) is 4.74. The summed E-state index contributed by atoms with van der Waals surface area (Å²) in [5.41, 5.74) is 5.24. The van der Waals surface area contributed by atoms with E-state index in [4.69, 9.17) is 5.73 Å². The van der Waals surface area contributed by atoms with Crippen molar-refractivity contribution in [1.82, 2.24) is 0 Å². The molecule has 110 valence electrons. The van der Waals surface area contributed by atoms with Gasteiger partial charge in [-0.3, -0.25) is 0 Å². The molecule has 0 radical (unpaired) electrons. The molecule has 1 heterocycles. The van der Waals surface area contributed by atoms with E-state index in [0.717, 1.165) is 19.4 Å². The van der Waals surface area contributed by atoms with Gasteiger partial charge in [-0.1, -0.05) is 6.42 Å². The second-order valence-electron chi connectivity index (χ2n) is 5.86. The zero-order valence-electron chi connectivity index (χ0n) is 11.3. The number of rotatable bonds is 1. The van der Waals surface area contributed by atoms with Crippen molar-refractivity contribution in [3.63, 3.8) is 0 Å². The van der Waals surface area contributed by atoms with Gasteiger partial charge in [-0.15, -0.1) is 0 Å². The van der Waals surface area contributed by atoms with E-state index in [1.54, 1.807) is 6.07 Å². The van der Waals surface area contributed by atoms with E-state index >= 15 is 0 Å². The lowest BCUT2D eigenvalue weighted by Gasteiger charge is -2.39. The minimum atomic E-state index is -4.38. The SMILES string of the molecule is Nc1ccc(N2CCCC3CCCC32)cc1C(F)(F)F. The van der Waals surface area contributed by atoms with Gasteiger partial charge in [0.1, 0.15) is 0 Å². The molecule has 2 nitrogen and oxygen atoms in total. The van der Waals surface area contributed by atoms with Crippen LogP contribution in [0.5, 0.6) is 0 Å². The lowest BCUT2D eigenvalue weighted by molar-refractivity contribution is -0.136. The molecular weight excluding hydrogens is 265 g/mol. The Morgan fingerprint density at radius 1 is 1.10 bits per heavy atom. The van der Waals surface area contributed by atoms with Gasteiger partial charge in [-0.25, -0.2) is 0 Å². The Morgan fingerprint density at radius 2 is 1.85 bits per heavy atom. The first-order valence-corrected chi connectivity index (χ1v) is 7.20. The molecule has 3 rings (SSSR count). The molecule has 1 saturated heterocycles. The average molecular weight is 284 g/mol. The first-order chi connectivity index (χ1) is 9.47. The molecule has 0 spiro atoms. The Hall–Kier alpha value is -1.39. The molecule has 2 N–H and O–H groups in total. The topological polar surface area (TPSA) is 29.3 Å². The molecule has 20 heavy (non-hydrogen) atoms. The summed E-state index contributed by atoms with van der Waals surface area (Å²) >= 11 is 0. The molecule has 1 saturated carbocycles. The third kappa shape index (κ3) is 2.34. The monoisotopic (exact) mass is 284 g/mol. The molecule has 5 heteroatoms. The number of fused-ring (bicyclic) bond motifs is 1. The van der Waals surface area contributed by atoms with Crippen molar-refractivity contribution in [2.75, 3.05) is 17.2 Å². The fraction of sp³-hybridized carbons (Fsp3) is 0.600. The molecule has 2 fully saturated rings. The van der Waals surface area contributed by atoms with Gasteiger partial charge >= 0.3 is 6.18 Å². The molecule has 0 bridgehead atoms. The molecule has 1 aromatic rings. The van der Waals surface area contributed by atoms with Crippen molar-refractivity contribution in [2.24, 2.45) is 5.92 Å². The van der Waals surface area contributed by atoms with Crippen LogP contribution in [0.2, 0.25) is 0 Å². The van der Waals surface area contributed by atoms with Crippen molar-refractivity contribution in [3.05, 3.63) is 23.8 Å². The minimum absolute atomic E-state index is 0.193. The van der Waals surface area contributed by atoms with Gasteiger partial charge < -0.3 is 10.6 Å². The lowest BCUT2D eigenvalue weighted by Crippen LogP contribution is -2.42. The molecular formula is C15H19F3N2. The molecule has 2 aliphatic rings. The van der Waals surface area contributed by atoms with Crippen molar-refractivity contribution < 1.29 is 13.2 Å². The van der Waals surface area contributed by atoms with Crippen LogP contribution in [0.25, 0.3) is 0 Å². The Labute approximate surface area is 116 Å². The van der Waals surface area contributed by atoms with E-state index in [1.165, 1.54) is 31.4 Å². The summed E-state index contributed by atoms with van der Waals surface area (Å²) in [4.78, 5) is 2.16. The highest BCUT2D eigenvalue weighted by Crippen LogP contribution is 2.41. The predicted octanol–water partition coefficient (Wildman–Crippen LogP) is 4.06. The van der Waals surface area contributed by atoms with Crippen LogP contribution in [-0.4, -0.2) is 12.6 Å². The number of nitrogens with two attached hydrogens (primary N) is 1. The number of benzene rings is 1. The molecule has 0 amide bonds. The highest BCUT2D eigenvalue weighted by Gasteiger charge is 2.37. The number of alkyl halides is 3. The maximum absolute atomic E-state index is 13.0. The normalized spacial score (nSPS) is 26.6. The van der Waals surface area contributed by atoms with E-state index in [9.17, 15) is 13.2 Å². The van der Waals surface area contributed by atoms with Gasteiger partial charge in [0.05, 0.1) is 5.56 Å². The van der Waals surface area contributed by atoms with Crippen LogP contribution < -0.4 is 10.6 Å². The molecule has 2 unspecified atom stereocenters. The second-order valence-corrected chi connectivity index (χ2v) is 5.86. The van der Waals surface area contributed by atoms with Gasteiger partial charge in [0, 0.05) is 24.0 Å². The van der Waals surface area contributed by atoms with Crippen molar-refractivity contribution in [3.8, 4) is 0 Å². The van der Waals surface area contributed by atoms with Crippen LogP contribution in [-0.2, 0) is 6.18 Å². The quantitative estimate of drug-likeness (QED) is 0.788. The van der Waals surface area contributed by atoms with Crippen molar-refractivity contribution in [2.45, 2.75) is 44.3 Å². The van der Waals surface area contributed by atoms with Crippen LogP contribution >= 0.6 is 0 Å². The van der Waals surface area contributed by atoms with Crippen LogP contribution in [0.4, 0.5) is 24.5 Å². The first-order valence-electron chi connectivity index (χ1n) is 7.20. The number of hydrogen-bond donors (Lipinski definition) is 1. The average Bonchev–Trinajstić information content (AvgIpc) is 2.86. The summed E-state index contributed by atoms with van der Waals surface area (Å²) in [6.45, 7) is 0.850. The highest BCUT2D eigenvalue weighted by molar-refractivity contribution is 5.60. The van der Waals surface area contributed by atoms with E-state index in [2.05, 4.69) is 4.90 Å². The van der Waals surface area contributed by atoms with Crippen LogP contribution in [0.15, 0.2) is 18.2 Å². The van der Waals surface area contributed by atoms with Gasteiger partial charge in [-0.2, -0.15) is 13.2 Å². The molecule has 1 aliphatic carbocycles.